The van der Waals surface area contributed by atoms with E-state index in [1.54, 1.807) is 0 Å². The molecule has 1 N–H and O–H groups in total. The van der Waals surface area contributed by atoms with Crippen molar-refractivity contribution in [1.29, 1.82) is 0 Å². The van der Waals surface area contributed by atoms with E-state index >= 15 is 0 Å². The van der Waals surface area contributed by atoms with Gasteiger partial charge in [-0.1, -0.05) is 67.9 Å². The van der Waals surface area contributed by atoms with Crippen LogP contribution in [0.4, 0.5) is 0 Å². The molecule has 0 fully saturated rings. The van der Waals surface area contributed by atoms with E-state index in [1.165, 1.54) is 35.1 Å². The molecule has 1 atom stereocenters. The van der Waals surface area contributed by atoms with Crippen LogP contribution in [0.3, 0.4) is 0 Å². The summed E-state index contributed by atoms with van der Waals surface area (Å²) < 4.78 is 2.08. The second-order valence-electron chi connectivity index (χ2n) is 7.98. The van der Waals surface area contributed by atoms with E-state index in [0.717, 1.165) is 12.8 Å². The molecule has 2 aromatic heterocycles. The zero-order chi connectivity index (χ0) is 21.4. The van der Waals surface area contributed by atoms with Crippen LogP contribution in [-0.2, 0) is 25.0 Å². The standard InChI is InChI=1S/C27H30N4/c1-2-3-9-24-10-7-8-13-26(24)27(25-11-5-4-6-12-25,20-23-14-16-28-17-15-23)30-22-31-19-18-29-21-31/h4-8,10-19,21,30H,2-3,9,20,22H2,1H3. The van der Waals surface area contributed by atoms with Crippen LogP contribution < -0.4 is 5.32 Å². The third kappa shape index (κ3) is 4.92. The number of aromatic nitrogens is 3. The molecule has 0 amide bonds. The Labute approximate surface area is 185 Å². The SMILES string of the molecule is CCCCc1ccccc1C(Cc1ccncc1)(NCn1ccnc1)c1ccccc1. The number of hydrogen-bond acceptors (Lipinski definition) is 3. The minimum absolute atomic E-state index is 0.378. The van der Waals surface area contributed by atoms with Crippen LogP contribution in [0.5, 0.6) is 0 Å². The van der Waals surface area contributed by atoms with Gasteiger partial charge < -0.3 is 4.57 Å². The van der Waals surface area contributed by atoms with Crippen LogP contribution in [-0.4, -0.2) is 14.5 Å². The van der Waals surface area contributed by atoms with Crippen molar-refractivity contribution in [3.63, 3.8) is 0 Å². The Morgan fingerprint density at radius 1 is 0.871 bits per heavy atom. The van der Waals surface area contributed by atoms with Crippen LogP contribution in [0.2, 0.25) is 0 Å². The van der Waals surface area contributed by atoms with E-state index in [-0.39, 0.29) is 5.54 Å². The molecule has 4 aromatic rings. The lowest BCUT2D eigenvalue weighted by Gasteiger charge is -2.38. The monoisotopic (exact) mass is 410 g/mol. The molecule has 0 saturated heterocycles. The molecule has 2 aromatic carbocycles. The summed E-state index contributed by atoms with van der Waals surface area (Å²) in [6.45, 7) is 2.92. The number of imidazole rings is 1. The molecule has 0 aliphatic rings. The van der Waals surface area contributed by atoms with Crippen LogP contribution in [0.1, 0.15) is 42.0 Å². The first-order valence-electron chi connectivity index (χ1n) is 11.1. The van der Waals surface area contributed by atoms with Gasteiger partial charge in [-0.25, -0.2) is 4.98 Å². The smallest absolute Gasteiger partial charge is 0.0956 e. The van der Waals surface area contributed by atoms with Gasteiger partial charge in [0.05, 0.1) is 18.5 Å². The van der Waals surface area contributed by atoms with Crippen LogP contribution in [0.25, 0.3) is 0 Å². The molecular formula is C27H30N4. The fraction of sp³-hybridized carbons (Fsp3) is 0.259. The Morgan fingerprint density at radius 3 is 2.39 bits per heavy atom. The van der Waals surface area contributed by atoms with E-state index in [0.29, 0.717) is 6.67 Å². The van der Waals surface area contributed by atoms with Crippen molar-refractivity contribution in [2.75, 3.05) is 0 Å². The van der Waals surface area contributed by atoms with Gasteiger partial charge in [-0.05, 0) is 53.6 Å². The highest BCUT2D eigenvalue weighted by Gasteiger charge is 2.35. The van der Waals surface area contributed by atoms with Crippen molar-refractivity contribution in [1.82, 2.24) is 19.9 Å². The van der Waals surface area contributed by atoms with Crippen molar-refractivity contribution >= 4 is 0 Å². The average molecular weight is 411 g/mol. The quantitative estimate of drug-likeness (QED) is 0.383. The van der Waals surface area contributed by atoms with Gasteiger partial charge in [-0.15, -0.1) is 0 Å². The summed E-state index contributed by atoms with van der Waals surface area (Å²) >= 11 is 0. The zero-order valence-corrected chi connectivity index (χ0v) is 18.1. The van der Waals surface area contributed by atoms with Gasteiger partial charge in [0.15, 0.2) is 0 Å². The van der Waals surface area contributed by atoms with Gasteiger partial charge in [-0.2, -0.15) is 0 Å². The average Bonchev–Trinajstić information content (AvgIpc) is 3.36. The maximum atomic E-state index is 4.23. The minimum atomic E-state index is -0.378. The lowest BCUT2D eigenvalue weighted by molar-refractivity contribution is 0.353. The van der Waals surface area contributed by atoms with Crippen LogP contribution in [0, 0.1) is 0 Å². The number of nitrogens with zero attached hydrogens (tertiary/aromatic N) is 3. The third-order valence-corrected chi connectivity index (χ3v) is 5.88. The Balaban J connectivity index is 1.86. The van der Waals surface area contributed by atoms with Gasteiger partial charge in [0, 0.05) is 24.8 Å². The predicted octanol–water partition coefficient (Wildman–Crippen LogP) is 5.35. The molecule has 4 nitrogen and oxygen atoms in total. The van der Waals surface area contributed by atoms with Crippen molar-refractivity contribution in [2.45, 2.75) is 44.8 Å². The fourth-order valence-corrected chi connectivity index (χ4v) is 4.27. The molecule has 2 heterocycles. The number of rotatable bonds is 10. The molecule has 0 aliphatic carbocycles. The van der Waals surface area contributed by atoms with Gasteiger partial charge >= 0.3 is 0 Å². The molecule has 0 bridgehead atoms. The van der Waals surface area contributed by atoms with Gasteiger partial charge in [0.2, 0.25) is 0 Å². The van der Waals surface area contributed by atoms with E-state index < -0.39 is 0 Å². The number of nitrogens with one attached hydrogen (secondary N) is 1. The zero-order valence-electron chi connectivity index (χ0n) is 18.1. The molecule has 4 heteroatoms. The summed E-state index contributed by atoms with van der Waals surface area (Å²) in [5.41, 5.74) is 4.88. The summed E-state index contributed by atoms with van der Waals surface area (Å²) in [5.74, 6) is 0. The summed E-state index contributed by atoms with van der Waals surface area (Å²) in [6, 6.07) is 23.9. The topological polar surface area (TPSA) is 42.7 Å². The summed E-state index contributed by atoms with van der Waals surface area (Å²) in [6.07, 6.45) is 13.7. The molecule has 31 heavy (non-hydrogen) atoms. The number of benzene rings is 2. The highest BCUT2D eigenvalue weighted by atomic mass is 15.2. The first-order valence-corrected chi connectivity index (χ1v) is 11.1. The van der Waals surface area contributed by atoms with Gasteiger partial charge in [-0.3, -0.25) is 10.3 Å². The summed E-state index contributed by atoms with van der Waals surface area (Å²) in [4.78, 5) is 8.46. The Bertz CT molecular complexity index is 1050. The summed E-state index contributed by atoms with van der Waals surface area (Å²) in [5, 5.41) is 3.94. The van der Waals surface area contributed by atoms with E-state index in [2.05, 4.69) is 93.5 Å². The van der Waals surface area contributed by atoms with E-state index in [1.807, 2.05) is 31.1 Å². The minimum Gasteiger partial charge on any atom is -0.324 e. The van der Waals surface area contributed by atoms with Crippen molar-refractivity contribution in [3.05, 3.63) is 120 Å². The second-order valence-corrected chi connectivity index (χ2v) is 7.98. The molecule has 0 saturated carbocycles. The van der Waals surface area contributed by atoms with Gasteiger partial charge in [0.25, 0.3) is 0 Å². The second kappa shape index (κ2) is 10.2. The highest BCUT2D eigenvalue weighted by molar-refractivity contribution is 5.45. The number of pyridine rings is 1. The van der Waals surface area contributed by atoms with E-state index in [4.69, 9.17) is 0 Å². The number of unbranched alkanes of at least 4 members (excludes halogenated alkanes) is 1. The Morgan fingerprint density at radius 2 is 1.65 bits per heavy atom. The van der Waals surface area contributed by atoms with Crippen molar-refractivity contribution in [3.8, 4) is 0 Å². The maximum Gasteiger partial charge on any atom is 0.0956 e. The molecule has 0 spiro atoms. The van der Waals surface area contributed by atoms with Crippen molar-refractivity contribution in [2.24, 2.45) is 0 Å². The van der Waals surface area contributed by atoms with E-state index in [9.17, 15) is 0 Å². The number of aryl methyl sites for hydroxylation is 1. The Kier molecular flexibility index (Phi) is 6.90. The molecule has 0 radical (unpaired) electrons. The first kappa shape index (κ1) is 21.0. The molecular weight excluding hydrogens is 380 g/mol. The third-order valence-electron chi connectivity index (χ3n) is 5.88. The fourth-order valence-electron chi connectivity index (χ4n) is 4.27. The predicted molar refractivity (Wildman–Crippen MR) is 126 cm³/mol. The van der Waals surface area contributed by atoms with Crippen LogP contribution in [0.15, 0.2) is 97.8 Å². The van der Waals surface area contributed by atoms with Gasteiger partial charge in [0.1, 0.15) is 0 Å². The number of hydrogen-bond donors (Lipinski definition) is 1. The molecule has 158 valence electrons. The van der Waals surface area contributed by atoms with Crippen LogP contribution >= 0.6 is 0 Å². The largest absolute Gasteiger partial charge is 0.324 e. The summed E-state index contributed by atoms with van der Waals surface area (Å²) in [7, 11) is 0. The first-order chi connectivity index (χ1) is 15.3. The lowest BCUT2D eigenvalue weighted by atomic mass is 9.75. The molecule has 4 rings (SSSR count). The molecule has 0 aliphatic heterocycles. The molecule has 1 unspecified atom stereocenters. The maximum absolute atomic E-state index is 4.23. The van der Waals surface area contributed by atoms with Crippen molar-refractivity contribution < 1.29 is 0 Å². The Hall–Kier alpha value is -3.24. The highest BCUT2D eigenvalue weighted by Crippen LogP contribution is 2.36. The normalized spacial score (nSPS) is 13.1. The lowest BCUT2D eigenvalue weighted by Crippen LogP contribution is -2.46.